The van der Waals surface area contributed by atoms with Crippen LogP contribution >= 0.6 is 11.6 Å². The SMILES string of the molecule is COc1cc(Cl)cc(C)c1C1=C(OC(=O)C(C)(C)C)NC2(CCC(OC)CC2)C1=O. The van der Waals surface area contributed by atoms with Gasteiger partial charge in [0, 0.05) is 17.7 Å². The highest BCUT2D eigenvalue weighted by atomic mass is 35.5. The molecule has 30 heavy (non-hydrogen) atoms. The van der Waals surface area contributed by atoms with Crippen LogP contribution in [0.25, 0.3) is 5.57 Å². The summed E-state index contributed by atoms with van der Waals surface area (Å²) in [4.78, 5) is 26.5. The second-order valence-electron chi connectivity index (χ2n) is 9.11. The van der Waals surface area contributed by atoms with Gasteiger partial charge in [0.25, 0.3) is 0 Å². The third-order valence-electron chi connectivity index (χ3n) is 5.90. The van der Waals surface area contributed by atoms with Gasteiger partial charge in [0.15, 0.2) is 5.78 Å². The normalized spacial score (nSPS) is 24.2. The van der Waals surface area contributed by atoms with Gasteiger partial charge in [-0.05, 0) is 71.1 Å². The van der Waals surface area contributed by atoms with Crippen molar-refractivity contribution < 1.29 is 23.8 Å². The molecule has 1 fully saturated rings. The molecule has 1 N–H and O–H groups in total. The minimum Gasteiger partial charge on any atom is -0.496 e. The van der Waals surface area contributed by atoms with Crippen LogP contribution in [0.2, 0.25) is 5.02 Å². The minimum absolute atomic E-state index is 0.0857. The summed E-state index contributed by atoms with van der Waals surface area (Å²) in [5.74, 6) is 0.164. The summed E-state index contributed by atoms with van der Waals surface area (Å²) in [6.07, 6.45) is 2.82. The number of rotatable bonds is 4. The van der Waals surface area contributed by atoms with Gasteiger partial charge >= 0.3 is 5.97 Å². The molecule has 1 aliphatic carbocycles. The third-order valence-corrected chi connectivity index (χ3v) is 6.12. The van der Waals surface area contributed by atoms with Crippen LogP contribution in [0.1, 0.15) is 57.6 Å². The zero-order chi connectivity index (χ0) is 22.3. The summed E-state index contributed by atoms with van der Waals surface area (Å²) in [6, 6.07) is 3.44. The van der Waals surface area contributed by atoms with Crippen molar-refractivity contribution in [1.29, 1.82) is 0 Å². The van der Waals surface area contributed by atoms with E-state index in [4.69, 9.17) is 25.8 Å². The van der Waals surface area contributed by atoms with Gasteiger partial charge in [-0.2, -0.15) is 0 Å². The Kier molecular flexibility index (Phi) is 6.21. The fraction of sp³-hybridized carbons (Fsp3) is 0.565. The number of esters is 1. The molecule has 7 heteroatoms. The summed E-state index contributed by atoms with van der Waals surface area (Å²) in [5.41, 5.74) is 0.188. The maximum absolute atomic E-state index is 13.8. The van der Waals surface area contributed by atoms with Crippen molar-refractivity contribution in [3.63, 3.8) is 0 Å². The average Bonchev–Trinajstić information content (AvgIpc) is 2.92. The smallest absolute Gasteiger partial charge is 0.317 e. The molecule has 0 unspecified atom stereocenters. The van der Waals surface area contributed by atoms with Crippen molar-refractivity contribution in [2.45, 2.75) is 65.0 Å². The molecule has 3 rings (SSSR count). The van der Waals surface area contributed by atoms with Crippen molar-refractivity contribution in [3.05, 3.63) is 34.2 Å². The molecule has 164 valence electrons. The van der Waals surface area contributed by atoms with Crippen LogP contribution < -0.4 is 10.1 Å². The van der Waals surface area contributed by atoms with Crippen LogP contribution in [-0.4, -0.2) is 37.6 Å². The molecule has 1 spiro atoms. The standard InChI is InChI=1S/C23H30ClNO5/c1-13-11-14(24)12-16(29-6)17(13)18-19(26)23(9-7-15(28-5)8-10-23)25-20(18)30-21(27)22(2,3)4/h11-12,15,25H,7-10H2,1-6H3. The number of halogens is 1. The lowest BCUT2D eigenvalue weighted by atomic mass is 9.76. The first-order chi connectivity index (χ1) is 14.0. The van der Waals surface area contributed by atoms with Crippen LogP contribution in [0.4, 0.5) is 0 Å². The lowest BCUT2D eigenvalue weighted by molar-refractivity contribution is -0.149. The molecule has 2 aliphatic rings. The zero-order valence-electron chi connectivity index (χ0n) is 18.5. The van der Waals surface area contributed by atoms with Crippen LogP contribution in [0.5, 0.6) is 5.75 Å². The predicted molar refractivity (Wildman–Crippen MR) is 115 cm³/mol. The zero-order valence-corrected chi connectivity index (χ0v) is 19.2. The van der Waals surface area contributed by atoms with Crippen molar-refractivity contribution in [2.24, 2.45) is 5.41 Å². The first-order valence-electron chi connectivity index (χ1n) is 10.2. The molecule has 6 nitrogen and oxygen atoms in total. The Morgan fingerprint density at radius 3 is 2.37 bits per heavy atom. The van der Waals surface area contributed by atoms with Crippen LogP contribution in [0.3, 0.4) is 0 Å². The van der Waals surface area contributed by atoms with E-state index in [2.05, 4.69) is 5.32 Å². The summed E-state index contributed by atoms with van der Waals surface area (Å²) in [7, 11) is 3.22. The Labute approximate surface area is 182 Å². The van der Waals surface area contributed by atoms with E-state index < -0.39 is 16.9 Å². The number of hydrogen-bond acceptors (Lipinski definition) is 6. The number of nitrogens with one attached hydrogen (secondary N) is 1. The molecule has 0 saturated heterocycles. The first kappa shape index (κ1) is 22.6. The van der Waals surface area contributed by atoms with E-state index in [0.717, 1.165) is 18.4 Å². The lowest BCUT2D eigenvalue weighted by Crippen LogP contribution is -2.50. The van der Waals surface area contributed by atoms with Crippen molar-refractivity contribution >= 4 is 28.9 Å². The maximum atomic E-state index is 13.8. The Morgan fingerprint density at radius 2 is 1.83 bits per heavy atom. The van der Waals surface area contributed by atoms with E-state index >= 15 is 0 Å². The van der Waals surface area contributed by atoms with Crippen molar-refractivity contribution in [1.82, 2.24) is 5.32 Å². The third kappa shape index (κ3) is 4.08. The van der Waals surface area contributed by atoms with Gasteiger partial charge in [0.2, 0.25) is 5.88 Å². The summed E-state index contributed by atoms with van der Waals surface area (Å²) in [6.45, 7) is 7.19. The number of ether oxygens (including phenoxy) is 3. The molecule has 0 atom stereocenters. The van der Waals surface area contributed by atoms with Crippen molar-refractivity contribution in [2.75, 3.05) is 14.2 Å². The molecule has 1 aromatic rings. The van der Waals surface area contributed by atoms with Gasteiger partial charge in [0.1, 0.15) is 11.3 Å². The Hall–Kier alpha value is -2.05. The monoisotopic (exact) mass is 435 g/mol. The number of Topliss-reactive ketones (excluding diaryl/α,β-unsaturated/α-hetero) is 1. The molecule has 1 aliphatic heterocycles. The number of carbonyl (C=O) groups excluding carboxylic acids is 2. The maximum Gasteiger partial charge on any atom is 0.317 e. The van der Waals surface area contributed by atoms with E-state index in [0.29, 0.717) is 34.8 Å². The van der Waals surface area contributed by atoms with Gasteiger partial charge in [-0.1, -0.05) is 11.6 Å². The molecule has 0 amide bonds. The van der Waals surface area contributed by atoms with E-state index in [1.807, 2.05) is 6.92 Å². The molecular weight excluding hydrogens is 406 g/mol. The number of carbonyl (C=O) groups is 2. The van der Waals surface area contributed by atoms with Gasteiger partial charge in [-0.3, -0.25) is 9.59 Å². The number of methoxy groups -OCH3 is 2. The number of hydrogen-bond donors (Lipinski definition) is 1. The van der Waals surface area contributed by atoms with Gasteiger partial charge in [-0.25, -0.2) is 0 Å². The Bertz CT molecular complexity index is 892. The minimum atomic E-state index is -0.811. The number of ketones is 1. The Balaban J connectivity index is 2.10. The fourth-order valence-electron chi connectivity index (χ4n) is 4.09. The Morgan fingerprint density at radius 1 is 1.20 bits per heavy atom. The summed E-state index contributed by atoms with van der Waals surface area (Å²) in [5, 5.41) is 3.80. The van der Waals surface area contributed by atoms with Gasteiger partial charge in [-0.15, -0.1) is 0 Å². The number of benzene rings is 1. The molecule has 0 radical (unpaired) electrons. The summed E-state index contributed by atoms with van der Waals surface area (Å²) < 4.78 is 16.8. The number of aryl methyl sites for hydroxylation is 1. The highest BCUT2D eigenvalue weighted by Gasteiger charge is 2.51. The molecule has 1 heterocycles. The lowest BCUT2D eigenvalue weighted by Gasteiger charge is -2.36. The molecule has 1 aromatic carbocycles. The second kappa shape index (κ2) is 8.23. The average molecular weight is 436 g/mol. The molecule has 0 aromatic heterocycles. The van der Waals surface area contributed by atoms with E-state index in [9.17, 15) is 9.59 Å². The van der Waals surface area contributed by atoms with Crippen LogP contribution in [-0.2, 0) is 19.1 Å². The molecular formula is C23H30ClNO5. The van der Waals surface area contributed by atoms with Gasteiger partial charge in [0.05, 0.1) is 24.2 Å². The van der Waals surface area contributed by atoms with Crippen LogP contribution in [0.15, 0.2) is 18.0 Å². The largest absolute Gasteiger partial charge is 0.496 e. The molecule has 1 saturated carbocycles. The van der Waals surface area contributed by atoms with E-state index in [1.165, 1.54) is 7.11 Å². The highest BCUT2D eigenvalue weighted by Crippen LogP contribution is 2.45. The topological polar surface area (TPSA) is 73.9 Å². The molecule has 0 bridgehead atoms. The van der Waals surface area contributed by atoms with Crippen molar-refractivity contribution in [3.8, 4) is 5.75 Å². The quantitative estimate of drug-likeness (QED) is 0.706. The van der Waals surface area contributed by atoms with Crippen LogP contribution in [0, 0.1) is 12.3 Å². The van der Waals surface area contributed by atoms with Gasteiger partial charge < -0.3 is 19.5 Å². The summed E-state index contributed by atoms with van der Waals surface area (Å²) >= 11 is 6.20. The predicted octanol–water partition coefficient (Wildman–Crippen LogP) is 4.42. The fourth-order valence-corrected chi connectivity index (χ4v) is 4.36. The van der Waals surface area contributed by atoms with E-state index in [-0.39, 0.29) is 17.8 Å². The second-order valence-corrected chi connectivity index (χ2v) is 9.55. The first-order valence-corrected chi connectivity index (χ1v) is 10.6. The van der Waals surface area contributed by atoms with E-state index in [1.54, 1.807) is 40.0 Å². The highest BCUT2D eigenvalue weighted by molar-refractivity contribution is 6.32.